The van der Waals surface area contributed by atoms with Crippen LogP contribution in [-0.2, 0) is 22.6 Å². The molecule has 0 aliphatic heterocycles. The topological polar surface area (TPSA) is 70.1 Å². The predicted molar refractivity (Wildman–Crippen MR) is 102 cm³/mol. The number of fused-ring (bicyclic) bond motifs is 1. The average molecular weight is 396 g/mol. The number of aromatic nitrogens is 2. The zero-order valence-electron chi connectivity index (χ0n) is 15.0. The number of rotatable bonds is 5. The fourth-order valence-corrected chi connectivity index (χ4v) is 4.02. The number of hydrogen-bond acceptors (Lipinski definition) is 4. The summed E-state index contributed by atoms with van der Waals surface area (Å²) in [6.45, 7) is 4.89. The Labute approximate surface area is 163 Å². The van der Waals surface area contributed by atoms with Crippen LogP contribution in [0.5, 0.6) is 0 Å². The third-order valence-corrected chi connectivity index (χ3v) is 5.59. The maximum Gasteiger partial charge on any atom is 0.325 e. The van der Waals surface area contributed by atoms with Crippen molar-refractivity contribution in [3.8, 4) is 0 Å². The number of halogens is 2. The van der Waals surface area contributed by atoms with E-state index in [2.05, 4.69) is 23.3 Å². The molecule has 2 N–H and O–H groups in total. The van der Waals surface area contributed by atoms with Crippen LogP contribution in [0, 0.1) is 0 Å². The van der Waals surface area contributed by atoms with Gasteiger partial charge in [-0.1, -0.05) is 43.1 Å². The second-order valence-electron chi connectivity index (χ2n) is 7.07. The van der Waals surface area contributed by atoms with Crippen LogP contribution in [0.4, 0.5) is 0 Å². The van der Waals surface area contributed by atoms with Gasteiger partial charge in [0, 0.05) is 24.1 Å². The molecule has 26 heavy (non-hydrogen) atoms. The SMILES string of the molecule is CC(C)c1nc2c(n1Cc1ccc(Cl)c(Cl)c1)C(CC(=O)ON)CCC2. The summed E-state index contributed by atoms with van der Waals surface area (Å²) in [5, 5.41) is 1.07. The highest BCUT2D eigenvalue weighted by Crippen LogP contribution is 2.37. The maximum absolute atomic E-state index is 11.8. The standard InChI is InChI=1S/C19H23Cl2N3O2/c1-11(2)19-23-16-5-3-4-13(9-17(25)26-22)18(16)24(19)10-12-6-7-14(20)15(21)8-12/h6-8,11,13H,3-5,9-10,22H2,1-2H3. The Morgan fingerprint density at radius 1 is 1.38 bits per heavy atom. The van der Waals surface area contributed by atoms with E-state index in [0.29, 0.717) is 16.6 Å². The van der Waals surface area contributed by atoms with Crippen molar-refractivity contribution in [2.24, 2.45) is 5.90 Å². The minimum atomic E-state index is -0.392. The molecule has 0 saturated heterocycles. The fourth-order valence-electron chi connectivity index (χ4n) is 3.70. The van der Waals surface area contributed by atoms with Gasteiger partial charge in [0.2, 0.25) is 0 Å². The molecular formula is C19H23Cl2N3O2. The number of imidazole rings is 1. The molecule has 1 aliphatic carbocycles. The summed E-state index contributed by atoms with van der Waals surface area (Å²) >= 11 is 12.2. The summed E-state index contributed by atoms with van der Waals surface area (Å²) in [6, 6.07) is 5.66. The normalized spacial score (nSPS) is 16.6. The molecule has 140 valence electrons. The summed E-state index contributed by atoms with van der Waals surface area (Å²) in [7, 11) is 0. The van der Waals surface area contributed by atoms with Crippen LogP contribution in [0.1, 0.15) is 67.7 Å². The zero-order valence-corrected chi connectivity index (χ0v) is 16.5. The molecule has 0 bridgehead atoms. The van der Waals surface area contributed by atoms with E-state index in [0.717, 1.165) is 42.0 Å². The molecule has 0 saturated carbocycles. The molecule has 1 unspecified atom stereocenters. The monoisotopic (exact) mass is 395 g/mol. The Kier molecular flexibility index (Phi) is 5.90. The van der Waals surface area contributed by atoms with Gasteiger partial charge in [-0.15, -0.1) is 0 Å². The van der Waals surface area contributed by atoms with Crippen molar-refractivity contribution < 1.29 is 9.63 Å². The average Bonchev–Trinajstić information content (AvgIpc) is 2.98. The van der Waals surface area contributed by atoms with Gasteiger partial charge in [-0.3, -0.25) is 4.79 Å². The predicted octanol–water partition coefficient (Wildman–Crippen LogP) is 4.59. The largest absolute Gasteiger partial charge is 0.373 e. The molecule has 1 aliphatic rings. The number of hydrogen-bond donors (Lipinski definition) is 1. The van der Waals surface area contributed by atoms with E-state index in [1.807, 2.05) is 12.1 Å². The van der Waals surface area contributed by atoms with Gasteiger partial charge in [0.1, 0.15) is 5.82 Å². The van der Waals surface area contributed by atoms with Crippen LogP contribution in [0.15, 0.2) is 18.2 Å². The van der Waals surface area contributed by atoms with E-state index in [1.54, 1.807) is 6.07 Å². The molecule has 0 fully saturated rings. The van der Waals surface area contributed by atoms with E-state index < -0.39 is 5.97 Å². The third kappa shape index (κ3) is 3.90. The van der Waals surface area contributed by atoms with E-state index in [9.17, 15) is 4.79 Å². The Hall–Kier alpha value is -1.56. The van der Waals surface area contributed by atoms with Gasteiger partial charge in [0.25, 0.3) is 0 Å². The molecule has 1 atom stereocenters. The first-order chi connectivity index (χ1) is 12.4. The van der Waals surface area contributed by atoms with Crippen LogP contribution < -0.4 is 5.90 Å². The fraction of sp³-hybridized carbons (Fsp3) is 0.474. The van der Waals surface area contributed by atoms with Crippen molar-refractivity contribution in [3.05, 3.63) is 51.0 Å². The molecule has 1 aromatic heterocycles. The second kappa shape index (κ2) is 7.99. The van der Waals surface area contributed by atoms with Gasteiger partial charge in [0.05, 0.1) is 22.2 Å². The summed E-state index contributed by atoms with van der Waals surface area (Å²) in [4.78, 5) is 21.1. The van der Waals surface area contributed by atoms with E-state index >= 15 is 0 Å². The number of benzene rings is 1. The first-order valence-corrected chi connectivity index (χ1v) is 9.59. The lowest BCUT2D eigenvalue weighted by Crippen LogP contribution is -2.21. The van der Waals surface area contributed by atoms with Crippen LogP contribution in [0.3, 0.4) is 0 Å². The van der Waals surface area contributed by atoms with Crippen LogP contribution >= 0.6 is 23.2 Å². The first-order valence-electron chi connectivity index (χ1n) is 8.83. The third-order valence-electron chi connectivity index (χ3n) is 4.85. The molecule has 0 spiro atoms. The van der Waals surface area contributed by atoms with E-state index in [4.69, 9.17) is 34.1 Å². The molecule has 3 rings (SSSR count). The van der Waals surface area contributed by atoms with Gasteiger partial charge in [0.15, 0.2) is 0 Å². The molecular weight excluding hydrogens is 373 g/mol. The summed E-state index contributed by atoms with van der Waals surface area (Å²) in [6.07, 6.45) is 3.13. The Morgan fingerprint density at radius 2 is 2.15 bits per heavy atom. The van der Waals surface area contributed by atoms with Gasteiger partial charge in [-0.25, -0.2) is 4.98 Å². The molecule has 0 amide bonds. The Balaban J connectivity index is 2.03. The summed E-state index contributed by atoms with van der Waals surface area (Å²) in [5.41, 5.74) is 3.25. The van der Waals surface area contributed by atoms with Crippen LogP contribution in [0.25, 0.3) is 0 Å². The lowest BCUT2D eigenvalue weighted by atomic mass is 9.87. The van der Waals surface area contributed by atoms with Crippen molar-refractivity contribution in [2.75, 3.05) is 0 Å². The molecule has 7 heteroatoms. The van der Waals surface area contributed by atoms with Crippen molar-refractivity contribution in [1.82, 2.24) is 9.55 Å². The number of carbonyl (C=O) groups is 1. The lowest BCUT2D eigenvalue weighted by Gasteiger charge is -2.24. The molecule has 1 aromatic carbocycles. The van der Waals surface area contributed by atoms with Gasteiger partial charge in [-0.2, -0.15) is 5.90 Å². The number of aryl methyl sites for hydroxylation is 1. The smallest absolute Gasteiger partial charge is 0.325 e. The van der Waals surface area contributed by atoms with Crippen molar-refractivity contribution in [1.29, 1.82) is 0 Å². The summed E-state index contributed by atoms with van der Waals surface area (Å²) in [5.74, 6) is 6.02. The molecule has 2 aromatic rings. The van der Waals surface area contributed by atoms with Gasteiger partial charge in [-0.05, 0) is 37.0 Å². The number of nitrogens with zero attached hydrogens (tertiary/aromatic N) is 2. The minimum Gasteiger partial charge on any atom is -0.373 e. The molecule has 5 nitrogen and oxygen atoms in total. The van der Waals surface area contributed by atoms with Crippen LogP contribution in [-0.4, -0.2) is 15.5 Å². The molecule has 0 radical (unpaired) electrons. The van der Waals surface area contributed by atoms with Crippen molar-refractivity contribution in [3.63, 3.8) is 0 Å². The Bertz CT molecular complexity index is 817. The number of carbonyl (C=O) groups excluding carboxylic acids is 1. The zero-order chi connectivity index (χ0) is 18.8. The lowest BCUT2D eigenvalue weighted by molar-refractivity contribution is -0.144. The summed E-state index contributed by atoms with van der Waals surface area (Å²) < 4.78 is 2.23. The highest BCUT2D eigenvalue weighted by atomic mass is 35.5. The van der Waals surface area contributed by atoms with Gasteiger partial charge < -0.3 is 9.40 Å². The minimum absolute atomic E-state index is 0.0672. The molecule has 1 heterocycles. The second-order valence-corrected chi connectivity index (χ2v) is 7.89. The maximum atomic E-state index is 11.8. The highest BCUT2D eigenvalue weighted by Gasteiger charge is 2.30. The van der Waals surface area contributed by atoms with Crippen molar-refractivity contribution in [2.45, 2.75) is 57.9 Å². The van der Waals surface area contributed by atoms with E-state index in [1.165, 1.54) is 0 Å². The van der Waals surface area contributed by atoms with Crippen LogP contribution in [0.2, 0.25) is 10.0 Å². The highest BCUT2D eigenvalue weighted by molar-refractivity contribution is 6.42. The van der Waals surface area contributed by atoms with E-state index in [-0.39, 0.29) is 18.3 Å². The van der Waals surface area contributed by atoms with Gasteiger partial charge >= 0.3 is 5.97 Å². The quantitative estimate of drug-likeness (QED) is 0.751. The number of nitrogens with two attached hydrogens (primary N) is 1. The Morgan fingerprint density at radius 3 is 2.81 bits per heavy atom. The first kappa shape index (κ1) is 19.2. The van der Waals surface area contributed by atoms with Crippen molar-refractivity contribution >= 4 is 29.2 Å².